The third kappa shape index (κ3) is 3.63. The lowest BCUT2D eigenvalue weighted by Crippen LogP contribution is -2.15. The van der Waals surface area contributed by atoms with Crippen LogP contribution in [0.25, 0.3) is 0 Å². The molecule has 1 N–H and O–H groups in total. The Morgan fingerprint density at radius 1 is 1.19 bits per heavy atom. The van der Waals surface area contributed by atoms with Gasteiger partial charge in [-0.1, -0.05) is 35.9 Å². The fourth-order valence-corrected chi connectivity index (χ4v) is 3.08. The zero-order chi connectivity index (χ0) is 18.8. The first kappa shape index (κ1) is 18.1. The number of aromatic nitrogens is 2. The number of nitrogens with zero attached hydrogens (tertiary/aromatic N) is 2. The largest absolute Gasteiger partial charge is 0.319 e. The van der Waals surface area contributed by atoms with Gasteiger partial charge in [0.1, 0.15) is 5.82 Å². The van der Waals surface area contributed by atoms with Gasteiger partial charge >= 0.3 is 0 Å². The van der Waals surface area contributed by atoms with E-state index in [2.05, 4.69) is 10.4 Å². The molecule has 26 heavy (non-hydrogen) atoms. The zero-order valence-corrected chi connectivity index (χ0v) is 15.6. The van der Waals surface area contributed by atoms with E-state index in [0.29, 0.717) is 28.5 Å². The molecule has 1 aromatic heterocycles. The smallest absolute Gasteiger partial charge is 0.259 e. The van der Waals surface area contributed by atoms with Crippen molar-refractivity contribution in [3.63, 3.8) is 0 Å². The number of benzene rings is 2. The molecule has 2 aromatic carbocycles. The summed E-state index contributed by atoms with van der Waals surface area (Å²) in [5.41, 5.74) is 3.67. The highest BCUT2D eigenvalue weighted by Crippen LogP contribution is 2.22. The van der Waals surface area contributed by atoms with Crippen molar-refractivity contribution in [2.24, 2.45) is 0 Å². The molecule has 0 saturated heterocycles. The monoisotopic (exact) mass is 371 g/mol. The standard InChI is InChI=1S/C20H19ClFN3O/c1-12-8-9-17(22)18(10-12)23-20(26)19-13(2)24-25(14(19)3)11-15-6-4-5-7-16(15)21/h4-10H,11H2,1-3H3,(H,23,26). The number of nitrogens with one attached hydrogen (secondary N) is 1. The highest BCUT2D eigenvalue weighted by molar-refractivity contribution is 6.31. The van der Waals surface area contributed by atoms with Crippen LogP contribution in [0.5, 0.6) is 0 Å². The van der Waals surface area contributed by atoms with Crippen LogP contribution in [0, 0.1) is 26.6 Å². The topological polar surface area (TPSA) is 46.9 Å². The quantitative estimate of drug-likeness (QED) is 0.708. The van der Waals surface area contributed by atoms with Crippen molar-refractivity contribution in [2.45, 2.75) is 27.3 Å². The van der Waals surface area contributed by atoms with Gasteiger partial charge < -0.3 is 5.32 Å². The van der Waals surface area contributed by atoms with E-state index in [1.807, 2.05) is 38.1 Å². The molecule has 4 nitrogen and oxygen atoms in total. The number of amides is 1. The number of hydrogen-bond acceptors (Lipinski definition) is 2. The van der Waals surface area contributed by atoms with Gasteiger partial charge in [-0.25, -0.2) is 4.39 Å². The molecule has 0 radical (unpaired) electrons. The predicted molar refractivity (Wildman–Crippen MR) is 101 cm³/mol. The molecule has 0 aliphatic rings. The number of carbonyl (C=O) groups excluding carboxylic acids is 1. The molecule has 0 spiro atoms. The average molecular weight is 372 g/mol. The normalized spacial score (nSPS) is 10.8. The molecular weight excluding hydrogens is 353 g/mol. The molecule has 0 atom stereocenters. The van der Waals surface area contributed by atoms with Gasteiger partial charge in [-0.05, 0) is 50.1 Å². The molecule has 6 heteroatoms. The number of aryl methyl sites for hydroxylation is 2. The van der Waals surface area contributed by atoms with Crippen LogP contribution < -0.4 is 5.32 Å². The Balaban J connectivity index is 1.89. The van der Waals surface area contributed by atoms with Crippen molar-refractivity contribution >= 4 is 23.2 Å². The molecule has 1 heterocycles. The molecule has 134 valence electrons. The number of anilines is 1. The molecule has 0 unspecified atom stereocenters. The van der Waals surface area contributed by atoms with Crippen molar-refractivity contribution in [3.8, 4) is 0 Å². The lowest BCUT2D eigenvalue weighted by molar-refractivity contribution is 0.102. The minimum absolute atomic E-state index is 0.160. The predicted octanol–water partition coefficient (Wildman–Crippen LogP) is 4.90. The molecule has 0 aliphatic heterocycles. The van der Waals surface area contributed by atoms with Crippen LogP contribution >= 0.6 is 11.6 Å². The fourth-order valence-electron chi connectivity index (χ4n) is 2.89. The molecule has 0 fully saturated rings. The number of rotatable bonds is 4. The van der Waals surface area contributed by atoms with E-state index in [0.717, 1.165) is 11.1 Å². The molecule has 3 aromatic rings. The summed E-state index contributed by atoms with van der Waals surface area (Å²) < 4.78 is 15.7. The van der Waals surface area contributed by atoms with E-state index in [4.69, 9.17) is 11.6 Å². The number of hydrogen-bond donors (Lipinski definition) is 1. The van der Waals surface area contributed by atoms with Gasteiger partial charge in [0.2, 0.25) is 0 Å². The Bertz CT molecular complexity index is 981. The Labute approximate surface area is 156 Å². The second-order valence-electron chi connectivity index (χ2n) is 6.23. The highest BCUT2D eigenvalue weighted by Gasteiger charge is 2.20. The van der Waals surface area contributed by atoms with E-state index in [1.165, 1.54) is 6.07 Å². The van der Waals surface area contributed by atoms with Gasteiger partial charge in [-0.3, -0.25) is 9.48 Å². The Kier molecular flexibility index (Phi) is 5.09. The van der Waals surface area contributed by atoms with E-state index in [1.54, 1.807) is 23.7 Å². The van der Waals surface area contributed by atoms with Crippen LogP contribution in [-0.2, 0) is 6.54 Å². The first-order valence-electron chi connectivity index (χ1n) is 8.21. The van der Waals surface area contributed by atoms with Gasteiger partial charge in [0.15, 0.2) is 0 Å². The van der Waals surface area contributed by atoms with Gasteiger partial charge in [0, 0.05) is 10.7 Å². The summed E-state index contributed by atoms with van der Waals surface area (Å²) in [6.45, 7) is 5.88. The van der Waals surface area contributed by atoms with E-state index < -0.39 is 5.82 Å². The van der Waals surface area contributed by atoms with Crippen molar-refractivity contribution < 1.29 is 9.18 Å². The van der Waals surface area contributed by atoms with Gasteiger partial charge in [-0.2, -0.15) is 5.10 Å². The van der Waals surface area contributed by atoms with Crippen LogP contribution in [0.1, 0.15) is 32.9 Å². The molecule has 3 rings (SSSR count). The summed E-state index contributed by atoms with van der Waals surface area (Å²) in [6, 6.07) is 12.1. The lowest BCUT2D eigenvalue weighted by Gasteiger charge is -2.09. The molecular formula is C20H19ClFN3O. The van der Waals surface area contributed by atoms with Crippen molar-refractivity contribution in [1.82, 2.24) is 9.78 Å². The number of halogens is 2. The van der Waals surface area contributed by atoms with E-state index >= 15 is 0 Å². The summed E-state index contributed by atoms with van der Waals surface area (Å²) in [5, 5.41) is 7.74. The average Bonchev–Trinajstić information content (AvgIpc) is 2.87. The molecule has 0 saturated carbocycles. The minimum Gasteiger partial charge on any atom is -0.319 e. The van der Waals surface area contributed by atoms with Crippen LogP contribution in [0.15, 0.2) is 42.5 Å². The third-order valence-electron chi connectivity index (χ3n) is 4.26. The maximum atomic E-state index is 13.9. The fraction of sp³-hybridized carbons (Fsp3) is 0.200. The maximum Gasteiger partial charge on any atom is 0.259 e. The van der Waals surface area contributed by atoms with Crippen LogP contribution in [0.4, 0.5) is 10.1 Å². The molecule has 0 bridgehead atoms. The van der Waals surface area contributed by atoms with Crippen LogP contribution in [0.3, 0.4) is 0 Å². The summed E-state index contributed by atoms with van der Waals surface area (Å²) in [5.74, 6) is -0.849. The van der Waals surface area contributed by atoms with Crippen molar-refractivity contribution in [3.05, 3.63) is 81.4 Å². The summed E-state index contributed by atoms with van der Waals surface area (Å²) >= 11 is 6.21. The molecule has 0 aliphatic carbocycles. The Morgan fingerprint density at radius 2 is 1.92 bits per heavy atom. The summed E-state index contributed by atoms with van der Waals surface area (Å²) in [7, 11) is 0. The second-order valence-corrected chi connectivity index (χ2v) is 6.64. The SMILES string of the molecule is Cc1ccc(F)c(NC(=O)c2c(C)nn(Cc3ccccc3Cl)c2C)c1. The van der Waals surface area contributed by atoms with Crippen molar-refractivity contribution in [2.75, 3.05) is 5.32 Å². The first-order chi connectivity index (χ1) is 12.4. The van der Waals surface area contributed by atoms with Crippen molar-refractivity contribution in [1.29, 1.82) is 0 Å². The Hall–Kier alpha value is -2.66. The van der Waals surface area contributed by atoms with Gasteiger partial charge in [-0.15, -0.1) is 0 Å². The molecule has 1 amide bonds. The van der Waals surface area contributed by atoms with E-state index in [9.17, 15) is 9.18 Å². The van der Waals surface area contributed by atoms with Crippen LogP contribution in [0.2, 0.25) is 5.02 Å². The number of carbonyl (C=O) groups is 1. The highest BCUT2D eigenvalue weighted by atomic mass is 35.5. The lowest BCUT2D eigenvalue weighted by atomic mass is 10.1. The van der Waals surface area contributed by atoms with Crippen LogP contribution in [-0.4, -0.2) is 15.7 Å². The van der Waals surface area contributed by atoms with E-state index in [-0.39, 0.29) is 11.6 Å². The minimum atomic E-state index is -0.470. The summed E-state index contributed by atoms with van der Waals surface area (Å²) in [4.78, 5) is 12.7. The third-order valence-corrected chi connectivity index (χ3v) is 4.63. The second kappa shape index (κ2) is 7.30. The zero-order valence-electron chi connectivity index (χ0n) is 14.8. The Morgan fingerprint density at radius 3 is 2.65 bits per heavy atom. The summed E-state index contributed by atoms with van der Waals surface area (Å²) in [6.07, 6.45) is 0. The first-order valence-corrected chi connectivity index (χ1v) is 8.59. The maximum absolute atomic E-state index is 13.9. The van der Waals surface area contributed by atoms with Gasteiger partial charge in [0.05, 0.1) is 23.5 Å². The van der Waals surface area contributed by atoms with Gasteiger partial charge in [0.25, 0.3) is 5.91 Å².